The number of hydrogen-bond donors (Lipinski definition) is 2. The van der Waals surface area contributed by atoms with E-state index in [-0.39, 0.29) is 6.03 Å². The van der Waals surface area contributed by atoms with Crippen LogP contribution in [0.3, 0.4) is 0 Å². The van der Waals surface area contributed by atoms with E-state index in [1.54, 1.807) is 11.8 Å². The number of rotatable bonds is 7. The van der Waals surface area contributed by atoms with Crippen molar-refractivity contribution in [2.24, 2.45) is 5.92 Å². The molecule has 0 aliphatic carbocycles. The van der Waals surface area contributed by atoms with E-state index in [0.717, 1.165) is 6.42 Å². The highest BCUT2D eigenvalue weighted by molar-refractivity contribution is 5.85. The van der Waals surface area contributed by atoms with Crippen LogP contribution in [0.15, 0.2) is 0 Å². The predicted molar refractivity (Wildman–Crippen MR) is 71.6 cm³/mol. The summed E-state index contributed by atoms with van der Waals surface area (Å²) in [6, 6.07) is -0.301. The average molecular weight is 258 g/mol. The summed E-state index contributed by atoms with van der Waals surface area (Å²) in [7, 11) is 0. The number of hydrogen-bond acceptors (Lipinski definition) is 2. The predicted octanol–water partition coefficient (Wildman–Crippen LogP) is 2.32. The van der Waals surface area contributed by atoms with Gasteiger partial charge in [0.05, 0.1) is 0 Å². The summed E-state index contributed by atoms with van der Waals surface area (Å²) in [5, 5.41) is 11.7. The molecule has 0 heterocycles. The average Bonchev–Trinajstić information content (AvgIpc) is 2.34. The Morgan fingerprint density at radius 1 is 1.33 bits per heavy atom. The fourth-order valence-corrected chi connectivity index (χ4v) is 1.47. The van der Waals surface area contributed by atoms with E-state index in [4.69, 9.17) is 5.11 Å². The Hall–Kier alpha value is -1.26. The zero-order chi connectivity index (χ0) is 14.3. The molecule has 2 atom stereocenters. The summed E-state index contributed by atoms with van der Waals surface area (Å²) < 4.78 is 0. The highest BCUT2D eigenvalue weighted by Crippen LogP contribution is 2.11. The van der Waals surface area contributed by atoms with Gasteiger partial charge in [-0.1, -0.05) is 27.2 Å². The van der Waals surface area contributed by atoms with Crippen molar-refractivity contribution >= 4 is 12.0 Å². The smallest absolute Gasteiger partial charge is 0.329 e. The number of nitrogens with zero attached hydrogens (tertiary/aromatic N) is 1. The van der Waals surface area contributed by atoms with Gasteiger partial charge in [-0.15, -0.1) is 0 Å². The molecule has 5 nitrogen and oxygen atoms in total. The molecule has 0 spiro atoms. The van der Waals surface area contributed by atoms with Crippen molar-refractivity contribution in [2.75, 3.05) is 13.1 Å². The minimum absolute atomic E-state index is 0.301. The first kappa shape index (κ1) is 16.7. The fourth-order valence-electron chi connectivity index (χ4n) is 1.47. The highest BCUT2D eigenvalue weighted by Gasteiger charge is 2.34. The maximum Gasteiger partial charge on any atom is 0.329 e. The molecule has 0 bridgehead atoms. The Bertz CT molecular complexity index is 294. The van der Waals surface area contributed by atoms with Crippen LogP contribution in [-0.2, 0) is 4.79 Å². The molecule has 0 aromatic carbocycles. The number of urea groups is 1. The van der Waals surface area contributed by atoms with Gasteiger partial charge in [-0.2, -0.15) is 0 Å². The minimum atomic E-state index is -1.19. The summed E-state index contributed by atoms with van der Waals surface area (Å²) in [5.41, 5.74) is -1.19. The summed E-state index contributed by atoms with van der Waals surface area (Å²) in [5.74, 6) is -0.591. The minimum Gasteiger partial charge on any atom is -0.480 e. The first-order chi connectivity index (χ1) is 8.30. The van der Waals surface area contributed by atoms with Crippen molar-refractivity contribution in [3.05, 3.63) is 0 Å². The van der Waals surface area contributed by atoms with Crippen LogP contribution in [0.25, 0.3) is 0 Å². The van der Waals surface area contributed by atoms with Crippen molar-refractivity contribution in [1.82, 2.24) is 10.2 Å². The van der Waals surface area contributed by atoms with Gasteiger partial charge in [0.2, 0.25) is 0 Å². The van der Waals surface area contributed by atoms with E-state index in [0.29, 0.717) is 25.4 Å². The summed E-state index contributed by atoms with van der Waals surface area (Å²) in [6.07, 6.45) is 1.35. The number of nitrogens with one attached hydrogen (secondary N) is 1. The topological polar surface area (TPSA) is 69.6 Å². The lowest BCUT2D eigenvalue weighted by Crippen LogP contribution is -2.56. The lowest BCUT2D eigenvalue weighted by atomic mass is 9.99. The molecule has 18 heavy (non-hydrogen) atoms. The quantitative estimate of drug-likeness (QED) is 0.736. The van der Waals surface area contributed by atoms with Crippen LogP contribution in [-0.4, -0.2) is 40.6 Å². The van der Waals surface area contributed by atoms with Crippen molar-refractivity contribution in [2.45, 2.75) is 53.0 Å². The maximum absolute atomic E-state index is 12.1. The van der Waals surface area contributed by atoms with Crippen LogP contribution < -0.4 is 5.32 Å². The molecule has 0 aromatic heterocycles. The summed E-state index contributed by atoms with van der Waals surface area (Å²) in [4.78, 5) is 24.9. The highest BCUT2D eigenvalue weighted by atomic mass is 16.4. The molecule has 2 unspecified atom stereocenters. The van der Waals surface area contributed by atoms with Crippen molar-refractivity contribution < 1.29 is 14.7 Å². The second-order valence-electron chi connectivity index (χ2n) is 4.97. The Balaban J connectivity index is 4.66. The third-order valence-corrected chi connectivity index (χ3v) is 3.46. The first-order valence-corrected chi connectivity index (χ1v) is 6.61. The normalized spacial score (nSPS) is 15.6. The summed E-state index contributed by atoms with van der Waals surface area (Å²) >= 11 is 0. The van der Waals surface area contributed by atoms with Crippen LogP contribution in [0.2, 0.25) is 0 Å². The van der Waals surface area contributed by atoms with Gasteiger partial charge >= 0.3 is 12.0 Å². The van der Waals surface area contributed by atoms with Crippen molar-refractivity contribution in [1.29, 1.82) is 0 Å². The van der Waals surface area contributed by atoms with Crippen LogP contribution in [0, 0.1) is 5.92 Å². The second kappa shape index (κ2) is 7.24. The van der Waals surface area contributed by atoms with E-state index < -0.39 is 11.5 Å². The number of carboxylic acid groups (broad SMARTS) is 1. The molecular weight excluding hydrogens is 232 g/mol. The van der Waals surface area contributed by atoms with Gasteiger partial charge in [-0.3, -0.25) is 0 Å². The molecule has 2 amide bonds. The molecule has 5 heteroatoms. The molecule has 0 aliphatic heterocycles. The maximum atomic E-state index is 12.1. The van der Waals surface area contributed by atoms with E-state index in [1.807, 2.05) is 6.92 Å². The number of amides is 2. The molecule has 2 N–H and O–H groups in total. The standard InChI is InChI=1S/C13H26N2O3/c1-6-10(4)9-15(8-3)12(18)14-13(5,7-2)11(16)17/h10H,6-9H2,1-5H3,(H,14,18)(H,16,17). The number of carboxylic acids is 1. The zero-order valence-electron chi connectivity index (χ0n) is 12.1. The van der Waals surface area contributed by atoms with Crippen LogP contribution >= 0.6 is 0 Å². The van der Waals surface area contributed by atoms with E-state index in [1.165, 1.54) is 6.92 Å². The molecule has 106 valence electrons. The lowest BCUT2D eigenvalue weighted by Gasteiger charge is -2.30. The molecule has 0 fully saturated rings. The van der Waals surface area contributed by atoms with Crippen LogP contribution in [0.1, 0.15) is 47.5 Å². The fraction of sp³-hybridized carbons (Fsp3) is 0.846. The van der Waals surface area contributed by atoms with Crippen LogP contribution in [0.4, 0.5) is 4.79 Å². The number of carbonyl (C=O) groups is 2. The number of carbonyl (C=O) groups excluding carboxylic acids is 1. The van der Waals surface area contributed by atoms with E-state index in [9.17, 15) is 9.59 Å². The van der Waals surface area contributed by atoms with Gasteiger partial charge < -0.3 is 15.3 Å². The van der Waals surface area contributed by atoms with Crippen LogP contribution in [0.5, 0.6) is 0 Å². The Labute approximate surface area is 110 Å². The van der Waals surface area contributed by atoms with E-state index in [2.05, 4.69) is 19.2 Å². The van der Waals surface area contributed by atoms with Crippen molar-refractivity contribution in [3.8, 4) is 0 Å². The molecular formula is C13H26N2O3. The molecule has 0 aliphatic rings. The largest absolute Gasteiger partial charge is 0.480 e. The van der Waals surface area contributed by atoms with Gasteiger partial charge in [0, 0.05) is 13.1 Å². The van der Waals surface area contributed by atoms with Crippen molar-refractivity contribution in [3.63, 3.8) is 0 Å². The van der Waals surface area contributed by atoms with Gasteiger partial charge in [-0.25, -0.2) is 9.59 Å². The number of aliphatic carboxylic acids is 1. The Kier molecular flexibility index (Phi) is 6.73. The SMILES string of the molecule is CCC(C)CN(CC)C(=O)NC(C)(CC)C(=O)O. The first-order valence-electron chi connectivity index (χ1n) is 6.61. The third-order valence-electron chi connectivity index (χ3n) is 3.46. The Morgan fingerprint density at radius 3 is 2.22 bits per heavy atom. The second-order valence-corrected chi connectivity index (χ2v) is 4.97. The zero-order valence-corrected chi connectivity index (χ0v) is 12.1. The molecule has 0 saturated heterocycles. The van der Waals surface area contributed by atoms with Gasteiger partial charge in [0.1, 0.15) is 5.54 Å². The molecule has 0 rings (SSSR count). The van der Waals surface area contributed by atoms with Gasteiger partial charge in [0.15, 0.2) is 0 Å². The molecule has 0 saturated carbocycles. The van der Waals surface area contributed by atoms with Gasteiger partial charge in [0.25, 0.3) is 0 Å². The lowest BCUT2D eigenvalue weighted by molar-refractivity contribution is -0.143. The monoisotopic (exact) mass is 258 g/mol. The third kappa shape index (κ3) is 4.55. The Morgan fingerprint density at radius 2 is 1.89 bits per heavy atom. The summed E-state index contributed by atoms with van der Waals surface area (Å²) in [6.45, 7) is 10.6. The molecule has 0 aromatic rings. The molecule has 0 radical (unpaired) electrons. The van der Waals surface area contributed by atoms with E-state index >= 15 is 0 Å². The van der Waals surface area contributed by atoms with Gasteiger partial charge in [-0.05, 0) is 26.2 Å².